The Balaban J connectivity index is 0.00000324. The number of anilines is 1. The van der Waals surface area contributed by atoms with E-state index in [1.807, 2.05) is 6.92 Å². The maximum Gasteiger partial charge on any atom is 0.251 e. The summed E-state index contributed by atoms with van der Waals surface area (Å²) in [6.07, 6.45) is 0.425. The smallest absolute Gasteiger partial charge is 0.251 e. The first kappa shape index (κ1) is 17.4. The van der Waals surface area contributed by atoms with Crippen molar-refractivity contribution < 1.29 is 9.59 Å². The van der Waals surface area contributed by atoms with Crippen LogP contribution < -0.4 is 16.0 Å². The molecule has 19 heavy (non-hydrogen) atoms. The van der Waals surface area contributed by atoms with E-state index < -0.39 is 0 Å². The van der Waals surface area contributed by atoms with Gasteiger partial charge in [-0.25, -0.2) is 0 Å². The van der Waals surface area contributed by atoms with Crippen molar-refractivity contribution in [2.75, 3.05) is 25.5 Å². The van der Waals surface area contributed by atoms with Crippen molar-refractivity contribution >= 4 is 29.9 Å². The van der Waals surface area contributed by atoms with Crippen molar-refractivity contribution in [3.05, 3.63) is 29.8 Å². The van der Waals surface area contributed by atoms with E-state index in [4.69, 9.17) is 0 Å². The quantitative estimate of drug-likeness (QED) is 0.740. The van der Waals surface area contributed by atoms with Gasteiger partial charge >= 0.3 is 0 Å². The van der Waals surface area contributed by atoms with Crippen molar-refractivity contribution in [1.82, 2.24) is 10.6 Å². The summed E-state index contributed by atoms with van der Waals surface area (Å²) in [6, 6.07) is 6.83. The van der Waals surface area contributed by atoms with Gasteiger partial charge in [-0.2, -0.15) is 0 Å². The van der Waals surface area contributed by atoms with Gasteiger partial charge in [-0.15, -0.1) is 12.4 Å². The fraction of sp³-hybridized carbons (Fsp3) is 0.385. The van der Waals surface area contributed by atoms with Gasteiger partial charge in [0.1, 0.15) is 0 Å². The van der Waals surface area contributed by atoms with Crippen LogP contribution in [-0.4, -0.2) is 32.0 Å². The van der Waals surface area contributed by atoms with Crippen LogP contribution in [0.25, 0.3) is 0 Å². The van der Waals surface area contributed by atoms with Crippen LogP contribution in [0.1, 0.15) is 23.7 Å². The van der Waals surface area contributed by atoms with E-state index in [0.717, 1.165) is 0 Å². The Labute approximate surface area is 119 Å². The highest BCUT2D eigenvalue weighted by Gasteiger charge is 2.05. The lowest BCUT2D eigenvalue weighted by atomic mass is 10.2. The lowest BCUT2D eigenvalue weighted by Gasteiger charge is -2.06. The average Bonchev–Trinajstić information content (AvgIpc) is 2.37. The molecule has 0 spiro atoms. The average molecular weight is 286 g/mol. The number of carbonyl (C=O) groups is 2. The first-order valence-corrected chi connectivity index (χ1v) is 6.00. The zero-order valence-electron chi connectivity index (χ0n) is 11.2. The molecule has 0 atom stereocenters. The monoisotopic (exact) mass is 285 g/mol. The molecule has 0 aliphatic heterocycles. The Morgan fingerprint density at radius 1 is 1.16 bits per heavy atom. The summed E-state index contributed by atoms with van der Waals surface area (Å²) in [5, 5.41) is 8.39. The molecule has 5 nitrogen and oxygen atoms in total. The summed E-state index contributed by atoms with van der Waals surface area (Å²) in [5.41, 5.74) is 1.29. The number of nitrogens with one attached hydrogen (secondary N) is 3. The number of hydrogen-bond donors (Lipinski definition) is 3. The molecular formula is C13H20ClN3O2. The largest absolute Gasteiger partial charge is 0.352 e. The Hall–Kier alpha value is -1.59. The van der Waals surface area contributed by atoms with E-state index in [1.165, 1.54) is 0 Å². The molecule has 0 fully saturated rings. The number of rotatable bonds is 6. The third kappa shape index (κ3) is 6.22. The number of halogens is 1. The predicted octanol–water partition coefficient (Wildman–Crippen LogP) is 1.41. The molecule has 106 valence electrons. The van der Waals surface area contributed by atoms with Gasteiger partial charge in [0.05, 0.1) is 0 Å². The van der Waals surface area contributed by atoms with Gasteiger partial charge in [0.25, 0.3) is 5.91 Å². The molecule has 0 saturated heterocycles. The summed E-state index contributed by atoms with van der Waals surface area (Å²) in [7, 11) is 1.80. The van der Waals surface area contributed by atoms with E-state index in [9.17, 15) is 9.59 Å². The first-order chi connectivity index (χ1) is 8.67. The summed E-state index contributed by atoms with van der Waals surface area (Å²) in [5.74, 6) is -0.152. The maximum absolute atomic E-state index is 11.5. The molecule has 3 N–H and O–H groups in total. The number of carbonyl (C=O) groups excluding carboxylic acids is 2. The van der Waals surface area contributed by atoms with Gasteiger partial charge in [0.2, 0.25) is 5.91 Å². The van der Waals surface area contributed by atoms with Crippen LogP contribution in [0, 0.1) is 0 Å². The second-order valence-corrected chi connectivity index (χ2v) is 3.84. The van der Waals surface area contributed by atoms with Crippen LogP contribution in [0.15, 0.2) is 24.3 Å². The summed E-state index contributed by atoms with van der Waals surface area (Å²) >= 11 is 0. The summed E-state index contributed by atoms with van der Waals surface area (Å²) in [6.45, 7) is 3.11. The van der Waals surface area contributed by atoms with Gasteiger partial charge in [-0.3, -0.25) is 9.59 Å². The number of amides is 2. The zero-order chi connectivity index (χ0) is 13.4. The minimum absolute atomic E-state index is 0. The molecule has 0 aliphatic rings. The van der Waals surface area contributed by atoms with Crippen LogP contribution in [0.3, 0.4) is 0 Å². The minimum atomic E-state index is -0.106. The van der Waals surface area contributed by atoms with Crippen molar-refractivity contribution in [3.63, 3.8) is 0 Å². The molecule has 1 aromatic carbocycles. The molecule has 1 rings (SSSR count). The molecule has 0 radical (unpaired) electrons. The topological polar surface area (TPSA) is 70.2 Å². The minimum Gasteiger partial charge on any atom is -0.352 e. The van der Waals surface area contributed by atoms with E-state index in [2.05, 4.69) is 16.0 Å². The van der Waals surface area contributed by atoms with Gasteiger partial charge in [0, 0.05) is 30.8 Å². The fourth-order valence-corrected chi connectivity index (χ4v) is 1.43. The maximum atomic E-state index is 11.5. The van der Waals surface area contributed by atoms with Crippen LogP contribution in [0.4, 0.5) is 5.69 Å². The summed E-state index contributed by atoms with van der Waals surface area (Å²) < 4.78 is 0. The summed E-state index contributed by atoms with van der Waals surface area (Å²) in [4.78, 5) is 23.0. The van der Waals surface area contributed by atoms with Gasteiger partial charge in [0.15, 0.2) is 0 Å². The van der Waals surface area contributed by atoms with Gasteiger partial charge < -0.3 is 16.0 Å². The van der Waals surface area contributed by atoms with Crippen molar-refractivity contribution in [3.8, 4) is 0 Å². The molecule has 6 heteroatoms. The van der Waals surface area contributed by atoms with Crippen LogP contribution in [0.2, 0.25) is 0 Å². The molecular weight excluding hydrogens is 266 g/mol. The molecule has 0 unspecified atom stereocenters. The standard InChI is InChI=1S/C13H19N3O2.ClH/c1-3-15-13(18)10-4-6-11(7-5-10)16-12(17)8-9-14-2;/h4-7,14H,3,8-9H2,1-2H3,(H,15,18)(H,16,17);1H. The molecule has 0 saturated carbocycles. The lowest BCUT2D eigenvalue weighted by Crippen LogP contribution is -2.22. The molecule has 0 aliphatic carbocycles. The highest BCUT2D eigenvalue weighted by atomic mass is 35.5. The Bertz CT molecular complexity index is 407. The Morgan fingerprint density at radius 2 is 1.79 bits per heavy atom. The highest BCUT2D eigenvalue weighted by Crippen LogP contribution is 2.09. The van der Waals surface area contributed by atoms with E-state index in [-0.39, 0.29) is 24.2 Å². The molecule has 0 aromatic heterocycles. The Morgan fingerprint density at radius 3 is 2.32 bits per heavy atom. The highest BCUT2D eigenvalue weighted by molar-refractivity contribution is 5.95. The van der Waals surface area contributed by atoms with Crippen LogP contribution in [-0.2, 0) is 4.79 Å². The van der Waals surface area contributed by atoms with E-state index >= 15 is 0 Å². The Kier molecular flexibility index (Phi) is 8.57. The van der Waals surface area contributed by atoms with Gasteiger partial charge in [-0.05, 0) is 38.2 Å². The first-order valence-electron chi connectivity index (χ1n) is 6.00. The predicted molar refractivity (Wildman–Crippen MR) is 78.9 cm³/mol. The van der Waals surface area contributed by atoms with Crippen molar-refractivity contribution in [2.45, 2.75) is 13.3 Å². The molecule has 0 bridgehead atoms. The number of benzene rings is 1. The second-order valence-electron chi connectivity index (χ2n) is 3.84. The van der Waals surface area contributed by atoms with Gasteiger partial charge in [-0.1, -0.05) is 0 Å². The van der Waals surface area contributed by atoms with Crippen LogP contribution >= 0.6 is 12.4 Å². The number of hydrogen-bond acceptors (Lipinski definition) is 3. The zero-order valence-corrected chi connectivity index (χ0v) is 12.0. The van der Waals surface area contributed by atoms with E-state index in [1.54, 1.807) is 31.3 Å². The third-order valence-corrected chi connectivity index (χ3v) is 2.37. The third-order valence-electron chi connectivity index (χ3n) is 2.37. The van der Waals surface area contributed by atoms with Crippen molar-refractivity contribution in [1.29, 1.82) is 0 Å². The van der Waals surface area contributed by atoms with Crippen molar-refractivity contribution in [2.24, 2.45) is 0 Å². The fourth-order valence-electron chi connectivity index (χ4n) is 1.43. The molecule has 1 aromatic rings. The molecule has 2 amide bonds. The SMILES string of the molecule is CCNC(=O)c1ccc(NC(=O)CCNC)cc1.Cl. The second kappa shape index (κ2) is 9.35. The van der Waals surface area contributed by atoms with E-state index in [0.29, 0.717) is 30.8 Å². The lowest BCUT2D eigenvalue weighted by molar-refractivity contribution is -0.116. The van der Waals surface area contributed by atoms with Crippen LogP contribution in [0.5, 0.6) is 0 Å². The normalized spacial score (nSPS) is 9.37. The molecule has 0 heterocycles.